The minimum atomic E-state index is -3.09. The Bertz CT molecular complexity index is 1690. The number of rotatable bonds is 9. The molecule has 0 unspecified atom stereocenters. The summed E-state index contributed by atoms with van der Waals surface area (Å²) in [5.41, 5.74) is 11.3. The van der Waals surface area contributed by atoms with Crippen molar-refractivity contribution in [3.8, 4) is 11.4 Å². The van der Waals surface area contributed by atoms with Crippen molar-refractivity contribution in [1.82, 2.24) is 19.7 Å². The van der Waals surface area contributed by atoms with Gasteiger partial charge in [0, 0.05) is 47.7 Å². The van der Waals surface area contributed by atoms with Crippen molar-refractivity contribution in [1.29, 1.82) is 0 Å². The topological polar surface area (TPSA) is 139 Å². The van der Waals surface area contributed by atoms with Gasteiger partial charge in [-0.1, -0.05) is 32.1 Å². The molecule has 0 radical (unpaired) electrons. The molecule has 41 heavy (non-hydrogen) atoms. The van der Waals surface area contributed by atoms with Crippen molar-refractivity contribution < 1.29 is 13.5 Å². The number of aliphatic hydroxyl groups excluding tert-OH is 1. The van der Waals surface area contributed by atoms with Crippen LogP contribution in [0, 0.1) is 12.8 Å². The molecule has 1 aliphatic heterocycles. The fourth-order valence-electron chi connectivity index (χ4n) is 5.60. The largest absolute Gasteiger partial charge is 0.394 e. The van der Waals surface area contributed by atoms with Crippen LogP contribution in [0.2, 0.25) is 0 Å². The molecule has 3 heterocycles. The SMILES string of the molecule is Cc1nn(CCO)cc1-c1nccc(NC2=C\CC/C=c3/c(N4C[C@H](CS(C)(=O)=O)[C@H]4N)ccc(C(C)C)/c3=C/2)n1. The van der Waals surface area contributed by atoms with E-state index in [2.05, 4.69) is 64.5 Å². The van der Waals surface area contributed by atoms with Gasteiger partial charge in [0.1, 0.15) is 15.7 Å². The van der Waals surface area contributed by atoms with Gasteiger partial charge in [0.15, 0.2) is 5.82 Å². The quantitative estimate of drug-likeness (QED) is 0.348. The molecule has 3 aromatic rings. The molecule has 1 fully saturated rings. The fourth-order valence-corrected chi connectivity index (χ4v) is 6.68. The number of aliphatic hydroxyl groups is 1. The highest BCUT2D eigenvalue weighted by Crippen LogP contribution is 2.28. The van der Waals surface area contributed by atoms with Crippen LogP contribution in [-0.2, 0) is 16.4 Å². The smallest absolute Gasteiger partial charge is 0.164 e. The van der Waals surface area contributed by atoms with E-state index in [0.717, 1.165) is 45.9 Å². The number of allylic oxidation sites excluding steroid dienone is 2. The average molecular weight is 578 g/mol. The number of nitrogens with zero attached hydrogens (tertiary/aromatic N) is 5. The molecular formula is C30H39N7O3S. The van der Waals surface area contributed by atoms with Crippen LogP contribution in [0.25, 0.3) is 23.5 Å². The maximum absolute atomic E-state index is 11.9. The van der Waals surface area contributed by atoms with Gasteiger partial charge in [-0.2, -0.15) is 5.10 Å². The lowest BCUT2D eigenvalue weighted by atomic mass is 9.92. The molecule has 0 spiro atoms. The Hall–Kier alpha value is -3.54. The van der Waals surface area contributed by atoms with Gasteiger partial charge in [-0.25, -0.2) is 18.4 Å². The zero-order chi connectivity index (χ0) is 29.3. The summed E-state index contributed by atoms with van der Waals surface area (Å²) >= 11 is 0. The third-order valence-electron chi connectivity index (χ3n) is 7.64. The van der Waals surface area contributed by atoms with Crippen molar-refractivity contribution in [3.63, 3.8) is 0 Å². The van der Waals surface area contributed by atoms with E-state index in [1.165, 1.54) is 11.8 Å². The highest BCUT2D eigenvalue weighted by Gasteiger charge is 2.38. The molecule has 10 nitrogen and oxygen atoms in total. The van der Waals surface area contributed by atoms with E-state index in [1.807, 2.05) is 19.2 Å². The molecule has 0 amide bonds. The van der Waals surface area contributed by atoms with E-state index in [0.29, 0.717) is 30.6 Å². The van der Waals surface area contributed by atoms with Crippen LogP contribution in [-0.4, -0.2) is 64.6 Å². The zero-order valence-corrected chi connectivity index (χ0v) is 24.9. The number of fused-ring (bicyclic) bond motifs is 1. The summed E-state index contributed by atoms with van der Waals surface area (Å²) in [5.74, 6) is 1.57. The van der Waals surface area contributed by atoms with Gasteiger partial charge < -0.3 is 21.1 Å². The Balaban J connectivity index is 1.49. The summed E-state index contributed by atoms with van der Waals surface area (Å²) in [6, 6.07) is 6.14. The number of hydrogen-bond donors (Lipinski definition) is 3. The van der Waals surface area contributed by atoms with Gasteiger partial charge in [0.05, 0.1) is 36.3 Å². The molecule has 2 aromatic heterocycles. The van der Waals surface area contributed by atoms with Crippen LogP contribution >= 0.6 is 0 Å². The summed E-state index contributed by atoms with van der Waals surface area (Å²) in [7, 11) is -3.09. The number of benzene rings is 1. The van der Waals surface area contributed by atoms with Crippen LogP contribution in [0.15, 0.2) is 42.4 Å². The van der Waals surface area contributed by atoms with E-state index in [-0.39, 0.29) is 24.4 Å². The summed E-state index contributed by atoms with van der Waals surface area (Å²) < 4.78 is 25.4. The first-order chi connectivity index (χ1) is 19.5. The number of nitrogens with one attached hydrogen (secondary N) is 1. The number of anilines is 2. The highest BCUT2D eigenvalue weighted by molar-refractivity contribution is 7.90. The number of hydrogen-bond acceptors (Lipinski definition) is 9. The molecule has 1 saturated heterocycles. The second-order valence-electron chi connectivity index (χ2n) is 11.2. The summed E-state index contributed by atoms with van der Waals surface area (Å²) in [5, 5.41) is 19.5. The molecule has 1 aliphatic carbocycles. The fraction of sp³-hybridized carbons (Fsp3) is 0.433. The Kier molecular flexibility index (Phi) is 8.30. The van der Waals surface area contributed by atoms with E-state index >= 15 is 0 Å². The molecule has 0 saturated carbocycles. The third-order valence-corrected chi connectivity index (χ3v) is 8.68. The van der Waals surface area contributed by atoms with Gasteiger partial charge in [0.25, 0.3) is 0 Å². The van der Waals surface area contributed by atoms with Crippen molar-refractivity contribution in [2.45, 2.75) is 52.2 Å². The molecule has 4 N–H and O–H groups in total. The van der Waals surface area contributed by atoms with Crippen LogP contribution in [0.4, 0.5) is 11.5 Å². The normalized spacial score (nSPS) is 21.8. The molecule has 11 heteroatoms. The van der Waals surface area contributed by atoms with Crippen molar-refractivity contribution >= 4 is 33.5 Å². The molecule has 1 aromatic carbocycles. The van der Waals surface area contributed by atoms with Gasteiger partial charge >= 0.3 is 0 Å². The monoisotopic (exact) mass is 577 g/mol. The lowest BCUT2D eigenvalue weighted by Crippen LogP contribution is -2.64. The Morgan fingerprint density at radius 2 is 1.95 bits per heavy atom. The van der Waals surface area contributed by atoms with Crippen molar-refractivity contribution in [2.75, 3.05) is 35.4 Å². The Labute approximate surface area is 241 Å². The van der Waals surface area contributed by atoms with Crippen LogP contribution in [0.3, 0.4) is 0 Å². The van der Waals surface area contributed by atoms with Gasteiger partial charge in [-0.05, 0) is 54.7 Å². The van der Waals surface area contributed by atoms with Crippen LogP contribution < -0.4 is 26.4 Å². The molecule has 0 bridgehead atoms. The molecule has 2 aliphatic rings. The minimum absolute atomic E-state index is 0.0108. The van der Waals surface area contributed by atoms with E-state index in [4.69, 9.17) is 10.7 Å². The number of aromatic nitrogens is 4. The summed E-state index contributed by atoms with van der Waals surface area (Å²) in [6.45, 7) is 7.32. The maximum atomic E-state index is 11.9. The van der Waals surface area contributed by atoms with Gasteiger partial charge in [-0.3, -0.25) is 4.68 Å². The predicted octanol–water partition coefficient (Wildman–Crippen LogP) is 1.88. The second-order valence-corrected chi connectivity index (χ2v) is 13.4. The van der Waals surface area contributed by atoms with Gasteiger partial charge in [0.2, 0.25) is 0 Å². The first kappa shape index (κ1) is 29.0. The number of aryl methyl sites for hydroxylation is 1. The highest BCUT2D eigenvalue weighted by atomic mass is 32.2. The van der Waals surface area contributed by atoms with Gasteiger partial charge in [-0.15, -0.1) is 0 Å². The van der Waals surface area contributed by atoms with E-state index in [9.17, 15) is 13.5 Å². The van der Waals surface area contributed by atoms with E-state index in [1.54, 1.807) is 10.9 Å². The standard InChI is InChI=1S/C30H39N7O3S/c1-19(2)23-9-10-27(37-16-21(29(37)31)18-41(4,39)40)24-8-6-5-7-22(15-25(23)24)33-28-11-12-32-30(34-28)26-17-36(13-14-38)35-20(26)3/h7-12,15,17,19,21,29,38H,5-6,13-14,16,18,31H2,1-4H3,(H,32,33,34)/b22-7+,24-8+,25-15-/t21-,29+/m1/s1. The lowest BCUT2D eigenvalue weighted by Gasteiger charge is -2.47. The first-order valence-corrected chi connectivity index (χ1v) is 16.1. The Morgan fingerprint density at radius 3 is 2.66 bits per heavy atom. The van der Waals surface area contributed by atoms with E-state index < -0.39 is 9.84 Å². The zero-order valence-electron chi connectivity index (χ0n) is 24.1. The van der Waals surface area contributed by atoms with Crippen LogP contribution in [0.5, 0.6) is 0 Å². The first-order valence-electron chi connectivity index (χ1n) is 14.0. The second kappa shape index (κ2) is 11.8. The van der Waals surface area contributed by atoms with Crippen LogP contribution in [0.1, 0.15) is 43.9 Å². The number of nitrogens with two attached hydrogens (primary N) is 1. The summed E-state index contributed by atoms with van der Waals surface area (Å²) in [4.78, 5) is 11.4. The molecule has 2 atom stereocenters. The number of sulfone groups is 1. The molecule has 218 valence electrons. The molecule has 5 rings (SSSR count). The molecular weight excluding hydrogens is 538 g/mol. The Morgan fingerprint density at radius 1 is 1.17 bits per heavy atom. The summed E-state index contributed by atoms with van der Waals surface area (Å²) in [6.07, 6.45) is 12.8. The van der Waals surface area contributed by atoms with Crippen molar-refractivity contribution in [3.05, 3.63) is 64.1 Å². The maximum Gasteiger partial charge on any atom is 0.164 e. The van der Waals surface area contributed by atoms with Crippen molar-refractivity contribution in [2.24, 2.45) is 11.7 Å². The predicted molar refractivity (Wildman–Crippen MR) is 163 cm³/mol. The third kappa shape index (κ3) is 6.37. The average Bonchev–Trinajstić information content (AvgIpc) is 3.27. The lowest BCUT2D eigenvalue weighted by molar-refractivity contribution is 0.269. The minimum Gasteiger partial charge on any atom is -0.394 e.